The van der Waals surface area contributed by atoms with Gasteiger partial charge in [0, 0.05) is 11.1 Å². The normalized spacial score (nSPS) is 17.3. The van der Waals surface area contributed by atoms with Gasteiger partial charge in [0.2, 0.25) is 0 Å². The van der Waals surface area contributed by atoms with Gasteiger partial charge in [-0.15, -0.1) is 0 Å². The topological polar surface area (TPSA) is 0 Å². The molecule has 1 saturated carbocycles. The molecule has 0 atom stereocenters. The Kier molecular flexibility index (Phi) is 11.8. The van der Waals surface area contributed by atoms with Crippen molar-refractivity contribution in [1.29, 1.82) is 0 Å². The van der Waals surface area contributed by atoms with E-state index in [0.29, 0.717) is 0 Å². The van der Waals surface area contributed by atoms with E-state index in [1.54, 1.807) is 0 Å². The predicted molar refractivity (Wildman–Crippen MR) is 167 cm³/mol. The van der Waals surface area contributed by atoms with Crippen molar-refractivity contribution in [3.05, 3.63) is 82.9 Å². The van der Waals surface area contributed by atoms with Gasteiger partial charge in [0.25, 0.3) is 0 Å². The number of hydrogen-bond donors (Lipinski definition) is 0. The first-order valence-corrected chi connectivity index (χ1v) is 15.9. The van der Waals surface area contributed by atoms with Gasteiger partial charge in [-0.2, -0.15) is 0 Å². The number of benzene rings is 3. The lowest BCUT2D eigenvalue weighted by atomic mass is 9.77. The van der Waals surface area contributed by atoms with Gasteiger partial charge >= 0.3 is 0 Å². The fraction of sp³-hybridized carbons (Fsp3) is 0.526. The second-order valence-electron chi connectivity index (χ2n) is 11.9. The number of hydrogen-bond acceptors (Lipinski definition) is 0. The van der Waals surface area contributed by atoms with Crippen LogP contribution in [0.25, 0.3) is 10.8 Å². The third-order valence-corrected chi connectivity index (χ3v) is 8.77. The molecule has 3 aromatic rings. The van der Waals surface area contributed by atoms with Gasteiger partial charge < -0.3 is 0 Å². The molecule has 0 saturated heterocycles. The Hall–Kier alpha value is -2.52. The summed E-state index contributed by atoms with van der Waals surface area (Å²) >= 11 is 0. The Bertz CT molecular complexity index is 1150. The van der Waals surface area contributed by atoms with Crippen LogP contribution < -0.4 is 0 Å². The van der Waals surface area contributed by atoms with Crippen LogP contribution in [-0.4, -0.2) is 0 Å². The SMILES string of the molecule is CCCCCCCCC[C@H]1CC[C@H](c2ccc(C#Cc3ccc4cc(CCCCC)ccc4c3)cc2)CC1. The summed E-state index contributed by atoms with van der Waals surface area (Å²) in [4.78, 5) is 0. The summed E-state index contributed by atoms with van der Waals surface area (Å²) in [5.41, 5.74) is 5.18. The third kappa shape index (κ3) is 9.05. The van der Waals surface area contributed by atoms with Crippen LogP contribution in [0.4, 0.5) is 0 Å². The average molecular weight is 507 g/mol. The number of rotatable bonds is 13. The fourth-order valence-electron chi connectivity index (χ4n) is 6.27. The molecule has 1 aliphatic rings. The van der Waals surface area contributed by atoms with E-state index >= 15 is 0 Å². The lowest BCUT2D eigenvalue weighted by Gasteiger charge is -2.29. The van der Waals surface area contributed by atoms with Gasteiger partial charge in [-0.05, 0) is 96.5 Å². The molecule has 4 rings (SSSR count). The molecule has 0 heterocycles. The number of fused-ring (bicyclic) bond motifs is 1. The highest BCUT2D eigenvalue weighted by Crippen LogP contribution is 2.37. The zero-order chi connectivity index (χ0) is 26.4. The highest BCUT2D eigenvalue weighted by atomic mass is 14.3. The second kappa shape index (κ2) is 15.8. The molecule has 1 aliphatic carbocycles. The second-order valence-corrected chi connectivity index (χ2v) is 11.9. The van der Waals surface area contributed by atoms with E-state index < -0.39 is 0 Å². The highest BCUT2D eigenvalue weighted by molar-refractivity contribution is 5.84. The van der Waals surface area contributed by atoms with Crippen LogP contribution in [0.2, 0.25) is 0 Å². The Balaban J connectivity index is 1.23. The van der Waals surface area contributed by atoms with Crippen LogP contribution in [0.1, 0.15) is 138 Å². The summed E-state index contributed by atoms with van der Waals surface area (Å²) in [5.74, 6) is 8.52. The van der Waals surface area contributed by atoms with Crippen molar-refractivity contribution in [3.8, 4) is 11.8 Å². The van der Waals surface area contributed by atoms with Crippen LogP contribution in [0.3, 0.4) is 0 Å². The van der Waals surface area contributed by atoms with Crippen molar-refractivity contribution in [2.75, 3.05) is 0 Å². The molecular weight excluding hydrogens is 456 g/mol. The van der Waals surface area contributed by atoms with Crippen molar-refractivity contribution in [2.24, 2.45) is 5.92 Å². The minimum absolute atomic E-state index is 0.745. The van der Waals surface area contributed by atoms with Gasteiger partial charge in [-0.3, -0.25) is 0 Å². The van der Waals surface area contributed by atoms with Crippen molar-refractivity contribution < 1.29 is 0 Å². The standard InChI is InChI=1S/C38H50/c1-3-5-7-8-9-10-12-13-31-17-23-35(24-18-31)36-25-19-32(20-26-36)15-16-34-22-28-37-29-33(14-11-6-4-2)21-27-38(37)30-34/h19-22,25-31,35H,3-14,17-18,23-24H2,1-2H3/t31-,35-. The van der Waals surface area contributed by atoms with E-state index in [9.17, 15) is 0 Å². The lowest BCUT2D eigenvalue weighted by Crippen LogP contribution is -2.13. The van der Waals surface area contributed by atoms with Crippen LogP contribution >= 0.6 is 0 Å². The highest BCUT2D eigenvalue weighted by Gasteiger charge is 2.21. The minimum atomic E-state index is 0.745. The van der Waals surface area contributed by atoms with Crippen LogP contribution in [-0.2, 0) is 6.42 Å². The molecule has 0 spiro atoms. The Morgan fingerprint density at radius 2 is 1.18 bits per heavy atom. The molecule has 0 heteroatoms. The maximum Gasteiger partial charge on any atom is 0.0255 e. The first kappa shape index (κ1) is 28.5. The molecule has 0 aliphatic heterocycles. The monoisotopic (exact) mass is 506 g/mol. The maximum absolute atomic E-state index is 3.40. The Morgan fingerprint density at radius 3 is 1.95 bits per heavy atom. The summed E-state index contributed by atoms with van der Waals surface area (Å²) < 4.78 is 0. The molecule has 0 unspecified atom stereocenters. The zero-order valence-corrected chi connectivity index (χ0v) is 24.2. The summed E-state index contributed by atoms with van der Waals surface area (Å²) in [6.07, 6.45) is 22.1. The van der Waals surface area contributed by atoms with Crippen LogP contribution in [0.15, 0.2) is 60.7 Å². The van der Waals surface area contributed by atoms with Crippen molar-refractivity contribution in [2.45, 2.75) is 122 Å². The first-order valence-electron chi connectivity index (χ1n) is 15.9. The van der Waals surface area contributed by atoms with Gasteiger partial charge in [-0.25, -0.2) is 0 Å². The van der Waals surface area contributed by atoms with Gasteiger partial charge in [0.05, 0.1) is 0 Å². The quantitative estimate of drug-likeness (QED) is 0.160. The molecule has 0 aromatic heterocycles. The third-order valence-electron chi connectivity index (χ3n) is 8.77. The molecule has 3 aromatic carbocycles. The molecule has 1 fully saturated rings. The van der Waals surface area contributed by atoms with Gasteiger partial charge in [-0.1, -0.05) is 126 Å². The Labute approximate surface area is 233 Å². The molecule has 0 nitrogen and oxygen atoms in total. The summed E-state index contributed by atoms with van der Waals surface area (Å²) in [7, 11) is 0. The van der Waals surface area contributed by atoms with Crippen molar-refractivity contribution >= 4 is 10.8 Å². The molecular formula is C38H50. The lowest BCUT2D eigenvalue weighted by molar-refractivity contribution is 0.302. The zero-order valence-electron chi connectivity index (χ0n) is 24.2. The van der Waals surface area contributed by atoms with Gasteiger partial charge in [0.15, 0.2) is 0 Å². The predicted octanol–water partition coefficient (Wildman–Crippen LogP) is 11.4. The first-order chi connectivity index (χ1) is 18.7. The maximum atomic E-state index is 3.40. The van der Waals surface area contributed by atoms with Crippen molar-refractivity contribution in [3.63, 3.8) is 0 Å². The van der Waals surface area contributed by atoms with E-state index in [4.69, 9.17) is 0 Å². The molecule has 202 valence electrons. The fourth-order valence-corrected chi connectivity index (χ4v) is 6.27. The molecule has 0 N–H and O–H groups in total. The average Bonchev–Trinajstić information content (AvgIpc) is 2.96. The van der Waals surface area contributed by atoms with Gasteiger partial charge in [0.1, 0.15) is 0 Å². The van der Waals surface area contributed by atoms with Crippen LogP contribution in [0, 0.1) is 17.8 Å². The molecule has 38 heavy (non-hydrogen) atoms. The van der Waals surface area contributed by atoms with Crippen molar-refractivity contribution in [1.82, 2.24) is 0 Å². The summed E-state index contributed by atoms with van der Waals surface area (Å²) in [5, 5.41) is 2.61. The molecule has 0 bridgehead atoms. The number of aryl methyl sites for hydroxylation is 1. The van der Waals surface area contributed by atoms with E-state index in [1.165, 1.54) is 125 Å². The van der Waals surface area contributed by atoms with Crippen LogP contribution in [0.5, 0.6) is 0 Å². The molecule has 0 radical (unpaired) electrons. The number of unbranched alkanes of at least 4 members (excludes halogenated alkanes) is 8. The smallest absolute Gasteiger partial charge is 0.0255 e. The summed E-state index contributed by atoms with van der Waals surface area (Å²) in [6.45, 7) is 4.57. The molecule has 0 amide bonds. The largest absolute Gasteiger partial charge is 0.0654 e. The van der Waals surface area contributed by atoms with E-state index in [0.717, 1.165) is 23.0 Å². The van der Waals surface area contributed by atoms with E-state index in [2.05, 4.69) is 86.4 Å². The Morgan fingerprint density at radius 1 is 0.579 bits per heavy atom. The van der Waals surface area contributed by atoms with E-state index in [1.807, 2.05) is 0 Å². The minimum Gasteiger partial charge on any atom is -0.0654 e. The summed E-state index contributed by atoms with van der Waals surface area (Å²) in [6, 6.07) is 22.7. The van der Waals surface area contributed by atoms with E-state index in [-0.39, 0.29) is 0 Å².